The molecule has 0 radical (unpaired) electrons. The van der Waals surface area contributed by atoms with Crippen LogP contribution in [-0.2, 0) is 4.79 Å². The van der Waals surface area contributed by atoms with Crippen molar-refractivity contribution in [2.45, 2.75) is 12.8 Å². The van der Waals surface area contributed by atoms with Crippen LogP contribution in [0.15, 0.2) is 0 Å². The van der Waals surface area contributed by atoms with Gasteiger partial charge in [0, 0.05) is 6.42 Å². The van der Waals surface area contributed by atoms with Gasteiger partial charge in [-0.1, -0.05) is 22.6 Å². The van der Waals surface area contributed by atoms with Crippen LogP contribution in [0, 0.1) is 0 Å². The summed E-state index contributed by atoms with van der Waals surface area (Å²) >= 11 is 4.09. The van der Waals surface area contributed by atoms with E-state index in [0.29, 0.717) is 0 Å². The maximum absolute atomic E-state index is 10.2. The summed E-state index contributed by atoms with van der Waals surface area (Å²) in [5, 5.41) is 0. The van der Waals surface area contributed by atoms with Gasteiger partial charge in [0.2, 0.25) is 0 Å². The van der Waals surface area contributed by atoms with E-state index in [4.69, 9.17) is 0 Å². The number of carbonyl (C=O) groups is 1. The summed E-state index contributed by atoms with van der Waals surface area (Å²) in [6.45, 7) is 0. The number of hydrogen-bond donors (Lipinski definition) is 0. The van der Waals surface area contributed by atoms with Crippen LogP contribution in [-0.4, -0.2) is 8.22 Å². The van der Waals surface area contributed by atoms with Crippen LogP contribution in [0.25, 0.3) is 0 Å². The third kappa shape index (κ3) is 7.13. The zero-order chi connectivity index (χ0) is 5.70. The van der Waals surface area contributed by atoms with Gasteiger partial charge in [-0.2, -0.15) is 0 Å². The molecule has 0 saturated carbocycles. The van der Waals surface area contributed by atoms with Gasteiger partial charge in [0.05, 0.1) is 0 Å². The first kappa shape index (κ1) is 8.13. The average molecular weight is 324 g/mol. The molecule has 7 heavy (non-hydrogen) atoms. The number of carbonyl (C=O) groups excluding carboxylic acids is 1. The van der Waals surface area contributed by atoms with Crippen molar-refractivity contribution in [2.24, 2.45) is 0 Å². The molecule has 0 rings (SSSR count). The minimum atomic E-state index is 0.272. The van der Waals surface area contributed by atoms with E-state index in [1.807, 2.05) is 22.6 Å². The lowest BCUT2D eigenvalue weighted by atomic mass is 10.4. The fourth-order valence-electron chi connectivity index (χ4n) is 0.206. The number of halogens is 2. The predicted molar refractivity (Wildman–Crippen MR) is 47.1 cm³/mol. The summed E-state index contributed by atoms with van der Waals surface area (Å²) < 4.78 is 1.36. The Kier molecular flexibility index (Phi) is 6.12. The second-order valence-corrected chi connectivity index (χ2v) is 3.43. The molecule has 0 aliphatic carbocycles. The molecule has 0 N–H and O–H groups in total. The number of hydrogen-bond acceptors (Lipinski definition) is 1. The zero-order valence-corrected chi connectivity index (χ0v) is 8.10. The van der Waals surface area contributed by atoms with Crippen molar-refractivity contribution in [3.05, 3.63) is 0 Å². The molecular weight excluding hydrogens is 318 g/mol. The van der Waals surface area contributed by atoms with Gasteiger partial charge < -0.3 is 0 Å². The molecule has 1 nitrogen and oxygen atoms in total. The van der Waals surface area contributed by atoms with E-state index >= 15 is 0 Å². The third-order valence-electron chi connectivity index (χ3n) is 0.507. The fraction of sp³-hybridized carbons (Fsp3) is 0.750. The van der Waals surface area contributed by atoms with Crippen LogP contribution < -0.4 is 0 Å². The van der Waals surface area contributed by atoms with Crippen LogP contribution in [0.3, 0.4) is 0 Å². The summed E-state index contributed by atoms with van der Waals surface area (Å²) in [7, 11) is 0. The van der Waals surface area contributed by atoms with E-state index in [0.717, 1.165) is 17.3 Å². The number of rotatable bonds is 3. The normalized spacial score (nSPS) is 8.86. The molecule has 0 spiro atoms. The van der Waals surface area contributed by atoms with Gasteiger partial charge in [-0.25, -0.2) is 0 Å². The first-order chi connectivity index (χ1) is 3.27. The van der Waals surface area contributed by atoms with Gasteiger partial charge in [-0.15, -0.1) is 0 Å². The van der Waals surface area contributed by atoms with Gasteiger partial charge in [0.15, 0.2) is 3.79 Å². The van der Waals surface area contributed by atoms with E-state index < -0.39 is 0 Å². The van der Waals surface area contributed by atoms with Gasteiger partial charge in [0.25, 0.3) is 0 Å². The standard InChI is InChI=1S/C4H6I2O/c5-3-1-2-4(6)7/h1-3H2. The Morgan fingerprint density at radius 1 is 1.57 bits per heavy atom. The van der Waals surface area contributed by atoms with Crippen molar-refractivity contribution in [2.75, 3.05) is 4.43 Å². The van der Waals surface area contributed by atoms with Gasteiger partial charge >= 0.3 is 0 Å². The maximum atomic E-state index is 10.2. The first-order valence-corrected chi connectivity index (χ1v) is 4.62. The molecule has 3 heteroatoms. The van der Waals surface area contributed by atoms with Gasteiger partial charge in [-0.3, -0.25) is 4.79 Å². The molecular formula is C4H6I2O. The Morgan fingerprint density at radius 2 is 2.14 bits per heavy atom. The van der Waals surface area contributed by atoms with Crippen molar-refractivity contribution in [3.8, 4) is 0 Å². The maximum Gasteiger partial charge on any atom is 0.192 e. The molecule has 0 fully saturated rings. The number of alkyl halides is 1. The Hall–Kier alpha value is 1.13. The van der Waals surface area contributed by atoms with Crippen molar-refractivity contribution in [3.63, 3.8) is 0 Å². The Morgan fingerprint density at radius 3 is 2.29 bits per heavy atom. The molecule has 0 saturated heterocycles. The van der Waals surface area contributed by atoms with Crippen molar-refractivity contribution < 1.29 is 4.79 Å². The van der Waals surface area contributed by atoms with Gasteiger partial charge in [0.1, 0.15) is 0 Å². The van der Waals surface area contributed by atoms with Crippen molar-refractivity contribution in [1.82, 2.24) is 0 Å². The molecule has 0 aliphatic heterocycles. The van der Waals surface area contributed by atoms with Crippen LogP contribution in [0.2, 0.25) is 0 Å². The monoisotopic (exact) mass is 324 g/mol. The third-order valence-corrected chi connectivity index (χ3v) is 1.81. The summed E-state index contributed by atoms with van der Waals surface area (Å²) in [6.07, 6.45) is 1.77. The van der Waals surface area contributed by atoms with Crippen LogP contribution in [0.1, 0.15) is 12.8 Å². The average Bonchev–Trinajstić information content (AvgIpc) is 1.61. The molecule has 0 aromatic carbocycles. The highest BCUT2D eigenvalue weighted by Crippen LogP contribution is 1.99. The molecule has 0 aromatic rings. The lowest BCUT2D eigenvalue weighted by molar-refractivity contribution is -0.109. The summed E-state index contributed by atoms with van der Waals surface area (Å²) in [5.41, 5.74) is 0. The SMILES string of the molecule is O=C(I)CCCI. The van der Waals surface area contributed by atoms with Crippen LogP contribution in [0.5, 0.6) is 0 Å². The predicted octanol–water partition coefficient (Wildman–Crippen LogP) is 2.16. The van der Waals surface area contributed by atoms with Crippen molar-refractivity contribution in [1.29, 1.82) is 0 Å². The molecule has 0 aromatic heterocycles. The highest BCUT2D eigenvalue weighted by Gasteiger charge is 1.90. The first-order valence-electron chi connectivity index (χ1n) is 2.01. The summed E-state index contributed by atoms with van der Waals surface area (Å²) in [6, 6.07) is 0. The van der Waals surface area contributed by atoms with Crippen LogP contribution >= 0.6 is 45.2 Å². The van der Waals surface area contributed by atoms with E-state index in [9.17, 15) is 4.79 Å². The molecule has 0 bridgehead atoms. The van der Waals surface area contributed by atoms with E-state index in [-0.39, 0.29) is 3.79 Å². The Bertz CT molecular complexity index is 62.7. The Balaban J connectivity index is 2.82. The fourth-order valence-corrected chi connectivity index (χ4v) is 0.969. The van der Waals surface area contributed by atoms with E-state index in [1.165, 1.54) is 0 Å². The van der Waals surface area contributed by atoms with E-state index in [2.05, 4.69) is 22.6 Å². The van der Waals surface area contributed by atoms with Crippen molar-refractivity contribution >= 4 is 49.0 Å². The summed E-state index contributed by atoms with van der Waals surface area (Å²) in [5.74, 6) is 0. The molecule has 0 amide bonds. The Labute approximate surface area is 70.5 Å². The summed E-state index contributed by atoms with van der Waals surface area (Å²) in [4.78, 5) is 10.2. The second-order valence-electron chi connectivity index (χ2n) is 1.15. The van der Waals surface area contributed by atoms with E-state index in [1.54, 1.807) is 0 Å². The molecule has 0 unspecified atom stereocenters. The molecule has 0 heterocycles. The molecule has 42 valence electrons. The lowest BCUT2D eigenvalue weighted by Gasteiger charge is -1.84. The van der Waals surface area contributed by atoms with Crippen LogP contribution in [0.4, 0.5) is 0 Å². The highest BCUT2D eigenvalue weighted by atomic mass is 127. The topological polar surface area (TPSA) is 17.1 Å². The largest absolute Gasteiger partial charge is 0.288 e. The lowest BCUT2D eigenvalue weighted by Crippen LogP contribution is -1.83. The molecule has 0 aliphatic rings. The second kappa shape index (κ2) is 5.27. The molecule has 0 atom stereocenters. The smallest absolute Gasteiger partial charge is 0.192 e. The quantitative estimate of drug-likeness (QED) is 0.442. The zero-order valence-electron chi connectivity index (χ0n) is 3.79. The highest BCUT2D eigenvalue weighted by molar-refractivity contribution is 14.1. The minimum absolute atomic E-state index is 0.272. The van der Waals surface area contributed by atoms with Gasteiger partial charge in [-0.05, 0) is 33.4 Å². The minimum Gasteiger partial charge on any atom is -0.288 e.